The van der Waals surface area contributed by atoms with Crippen LogP contribution in [0.4, 0.5) is 13.2 Å². The number of hydrogen-bond acceptors (Lipinski definition) is 3. The Hall–Kier alpha value is -2.09. The largest absolute Gasteiger partial charge is 0.480 e. The van der Waals surface area contributed by atoms with Crippen molar-refractivity contribution in [1.82, 2.24) is 4.90 Å². The SMILES string of the molecule is COC(C)CCC(=O)N(CC(=O)O)Cc1ccc(C(F)(F)F)cc1. The van der Waals surface area contributed by atoms with Gasteiger partial charge < -0.3 is 14.7 Å². The lowest BCUT2D eigenvalue weighted by Crippen LogP contribution is -2.35. The maximum atomic E-state index is 12.5. The zero-order valence-electron chi connectivity index (χ0n) is 13.5. The summed E-state index contributed by atoms with van der Waals surface area (Å²) in [6.45, 7) is 1.20. The van der Waals surface area contributed by atoms with E-state index in [0.29, 0.717) is 12.0 Å². The third kappa shape index (κ3) is 6.57. The van der Waals surface area contributed by atoms with Crippen LogP contribution in [0.1, 0.15) is 30.9 Å². The molecule has 0 spiro atoms. The molecular weight excluding hydrogens is 327 g/mol. The zero-order chi connectivity index (χ0) is 18.3. The number of aliphatic carboxylic acids is 1. The molecule has 0 saturated carbocycles. The first kappa shape index (κ1) is 20.0. The van der Waals surface area contributed by atoms with Crippen molar-refractivity contribution in [3.63, 3.8) is 0 Å². The van der Waals surface area contributed by atoms with Crippen molar-refractivity contribution in [3.8, 4) is 0 Å². The van der Waals surface area contributed by atoms with Crippen molar-refractivity contribution in [3.05, 3.63) is 35.4 Å². The van der Waals surface area contributed by atoms with E-state index in [1.807, 2.05) is 0 Å². The number of amides is 1. The first-order valence-corrected chi connectivity index (χ1v) is 7.32. The molecule has 5 nitrogen and oxygen atoms in total. The number of methoxy groups -OCH3 is 1. The Morgan fingerprint density at radius 1 is 1.25 bits per heavy atom. The molecule has 1 amide bonds. The number of rotatable bonds is 8. The van der Waals surface area contributed by atoms with Crippen LogP contribution < -0.4 is 0 Å². The summed E-state index contributed by atoms with van der Waals surface area (Å²) in [6.07, 6.45) is -4.06. The summed E-state index contributed by atoms with van der Waals surface area (Å²) in [5.41, 5.74) is -0.367. The molecule has 0 aliphatic heterocycles. The van der Waals surface area contributed by atoms with Crippen LogP contribution in [0.2, 0.25) is 0 Å². The van der Waals surface area contributed by atoms with Crippen molar-refractivity contribution < 1.29 is 32.6 Å². The average molecular weight is 347 g/mol. The molecule has 0 aromatic heterocycles. The summed E-state index contributed by atoms with van der Waals surface area (Å²) in [6, 6.07) is 4.29. The first-order chi connectivity index (χ1) is 11.1. The number of alkyl halides is 3. The minimum absolute atomic E-state index is 0.0648. The van der Waals surface area contributed by atoms with Gasteiger partial charge >= 0.3 is 12.1 Å². The lowest BCUT2D eigenvalue weighted by molar-refractivity contribution is -0.145. The van der Waals surface area contributed by atoms with E-state index in [2.05, 4.69) is 0 Å². The summed E-state index contributed by atoms with van der Waals surface area (Å²) in [5, 5.41) is 8.92. The van der Waals surface area contributed by atoms with Gasteiger partial charge in [-0.1, -0.05) is 12.1 Å². The highest BCUT2D eigenvalue weighted by molar-refractivity contribution is 5.81. The Labute approximate surface area is 138 Å². The minimum Gasteiger partial charge on any atom is -0.480 e. The van der Waals surface area contributed by atoms with Crippen molar-refractivity contribution in [1.29, 1.82) is 0 Å². The van der Waals surface area contributed by atoms with E-state index in [1.54, 1.807) is 6.92 Å². The lowest BCUT2D eigenvalue weighted by atomic mass is 10.1. The number of carboxylic acids is 1. The number of carboxylic acid groups (broad SMARTS) is 1. The normalized spacial score (nSPS) is 12.7. The monoisotopic (exact) mass is 347 g/mol. The average Bonchev–Trinajstić information content (AvgIpc) is 2.50. The quantitative estimate of drug-likeness (QED) is 0.785. The van der Waals surface area contributed by atoms with Crippen LogP contribution in [-0.2, 0) is 27.0 Å². The Kier molecular flexibility index (Phi) is 7.21. The van der Waals surface area contributed by atoms with Crippen molar-refractivity contribution in [2.45, 2.75) is 38.6 Å². The van der Waals surface area contributed by atoms with Gasteiger partial charge in [0.05, 0.1) is 11.7 Å². The van der Waals surface area contributed by atoms with Gasteiger partial charge in [0.1, 0.15) is 6.54 Å². The molecule has 0 aliphatic carbocycles. The molecule has 0 bridgehead atoms. The Morgan fingerprint density at radius 3 is 2.29 bits per heavy atom. The van der Waals surface area contributed by atoms with Crippen LogP contribution in [0.3, 0.4) is 0 Å². The second-order valence-corrected chi connectivity index (χ2v) is 5.42. The number of nitrogens with zero attached hydrogens (tertiary/aromatic N) is 1. The molecule has 1 aromatic rings. The topological polar surface area (TPSA) is 66.8 Å². The summed E-state index contributed by atoms with van der Waals surface area (Å²) in [5.74, 6) is -1.57. The molecule has 1 aromatic carbocycles. The second kappa shape index (κ2) is 8.68. The highest BCUT2D eigenvalue weighted by atomic mass is 19.4. The van der Waals surface area contributed by atoms with Crippen LogP contribution in [0.5, 0.6) is 0 Å². The molecular formula is C16H20F3NO4. The van der Waals surface area contributed by atoms with Crippen molar-refractivity contribution in [2.75, 3.05) is 13.7 Å². The predicted octanol–water partition coefficient (Wildman–Crippen LogP) is 2.93. The zero-order valence-corrected chi connectivity index (χ0v) is 13.5. The van der Waals surface area contributed by atoms with E-state index in [4.69, 9.17) is 9.84 Å². The van der Waals surface area contributed by atoms with Crippen LogP contribution in [-0.4, -0.2) is 41.6 Å². The van der Waals surface area contributed by atoms with Gasteiger partial charge in [0.15, 0.2) is 0 Å². The van der Waals surface area contributed by atoms with E-state index in [1.165, 1.54) is 19.2 Å². The molecule has 1 atom stereocenters. The van der Waals surface area contributed by atoms with Gasteiger partial charge in [0.25, 0.3) is 0 Å². The minimum atomic E-state index is -4.44. The first-order valence-electron chi connectivity index (χ1n) is 7.32. The van der Waals surface area contributed by atoms with Crippen molar-refractivity contribution >= 4 is 11.9 Å². The fourth-order valence-electron chi connectivity index (χ4n) is 2.02. The third-order valence-corrected chi connectivity index (χ3v) is 3.50. The Balaban J connectivity index is 2.78. The molecule has 0 saturated heterocycles. The number of halogens is 3. The fraction of sp³-hybridized carbons (Fsp3) is 0.500. The Morgan fingerprint density at radius 2 is 1.83 bits per heavy atom. The molecule has 0 fully saturated rings. The molecule has 1 N–H and O–H groups in total. The van der Waals surface area contributed by atoms with Gasteiger partial charge in [-0.2, -0.15) is 13.2 Å². The van der Waals surface area contributed by atoms with Gasteiger partial charge in [0.2, 0.25) is 5.91 Å². The summed E-state index contributed by atoms with van der Waals surface area (Å²) >= 11 is 0. The molecule has 8 heteroatoms. The van der Waals surface area contributed by atoms with E-state index in [9.17, 15) is 22.8 Å². The molecule has 1 rings (SSSR count). The van der Waals surface area contributed by atoms with Gasteiger partial charge in [-0.05, 0) is 31.0 Å². The third-order valence-electron chi connectivity index (χ3n) is 3.50. The number of carbonyl (C=O) groups is 2. The summed E-state index contributed by atoms with van der Waals surface area (Å²) in [7, 11) is 1.51. The molecule has 0 radical (unpaired) electrons. The molecule has 134 valence electrons. The molecule has 1 unspecified atom stereocenters. The van der Waals surface area contributed by atoms with Crippen LogP contribution >= 0.6 is 0 Å². The fourth-order valence-corrected chi connectivity index (χ4v) is 2.02. The van der Waals surface area contributed by atoms with Crippen molar-refractivity contribution in [2.24, 2.45) is 0 Å². The van der Waals surface area contributed by atoms with Crippen LogP contribution in [0.25, 0.3) is 0 Å². The maximum absolute atomic E-state index is 12.5. The molecule has 0 heterocycles. The number of carbonyl (C=O) groups excluding carboxylic acids is 1. The highest BCUT2D eigenvalue weighted by Crippen LogP contribution is 2.29. The number of hydrogen-bond donors (Lipinski definition) is 1. The van der Waals surface area contributed by atoms with Crippen LogP contribution in [0.15, 0.2) is 24.3 Å². The van der Waals surface area contributed by atoms with Gasteiger partial charge in [0, 0.05) is 20.1 Å². The van der Waals surface area contributed by atoms with E-state index in [-0.39, 0.29) is 25.0 Å². The molecule has 24 heavy (non-hydrogen) atoms. The Bertz CT molecular complexity index is 557. The summed E-state index contributed by atoms with van der Waals surface area (Å²) < 4.78 is 42.6. The summed E-state index contributed by atoms with van der Waals surface area (Å²) in [4.78, 5) is 24.2. The van der Waals surface area contributed by atoms with E-state index in [0.717, 1.165) is 17.0 Å². The highest BCUT2D eigenvalue weighted by Gasteiger charge is 2.30. The molecule has 0 aliphatic rings. The smallest absolute Gasteiger partial charge is 0.416 e. The van der Waals surface area contributed by atoms with Crippen LogP contribution in [0, 0.1) is 0 Å². The number of benzene rings is 1. The standard InChI is InChI=1S/C16H20F3NO4/c1-11(24-2)3-8-14(21)20(10-15(22)23)9-12-4-6-13(7-5-12)16(17,18)19/h4-7,11H,3,8-10H2,1-2H3,(H,22,23). The second-order valence-electron chi connectivity index (χ2n) is 5.42. The number of ether oxygens (including phenoxy) is 1. The maximum Gasteiger partial charge on any atom is 0.416 e. The van der Waals surface area contributed by atoms with Gasteiger partial charge in [-0.15, -0.1) is 0 Å². The van der Waals surface area contributed by atoms with Gasteiger partial charge in [-0.25, -0.2) is 0 Å². The lowest BCUT2D eigenvalue weighted by Gasteiger charge is -2.22. The predicted molar refractivity (Wildman–Crippen MR) is 80.2 cm³/mol. The van der Waals surface area contributed by atoms with Gasteiger partial charge in [-0.3, -0.25) is 9.59 Å². The van der Waals surface area contributed by atoms with E-state index < -0.39 is 24.3 Å². The van der Waals surface area contributed by atoms with E-state index >= 15 is 0 Å².